The van der Waals surface area contributed by atoms with E-state index in [2.05, 4.69) is 15.5 Å². The van der Waals surface area contributed by atoms with E-state index in [-0.39, 0.29) is 17.8 Å². The van der Waals surface area contributed by atoms with Gasteiger partial charge in [-0.25, -0.2) is 0 Å². The number of carbonyl (C=O) groups excluding carboxylic acids is 1. The van der Waals surface area contributed by atoms with Gasteiger partial charge >= 0.3 is 0 Å². The van der Waals surface area contributed by atoms with Gasteiger partial charge < -0.3 is 16.3 Å². The number of nitrogens with two attached hydrogens (primary N) is 1. The molecule has 108 valence electrons. The lowest BCUT2D eigenvalue weighted by atomic mass is 10.1. The smallest absolute Gasteiger partial charge is 0.251 e. The first-order valence-corrected chi connectivity index (χ1v) is 6.40. The summed E-state index contributed by atoms with van der Waals surface area (Å²) in [6.45, 7) is 1.89. The SMILES string of the molecule is CC(NC(=O)c1ccc(/C(N)=N/O)cc1)c1cccnc1. The third-order valence-corrected chi connectivity index (χ3v) is 3.08. The molecule has 0 bridgehead atoms. The first-order chi connectivity index (χ1) is 10.1. The van der Waals surface area contributed by atoms with E-state index in [4.69, 9.17) is 10.9 Å². The van der Waals surface area contributed by atoms with Gasteiger partial charge in [-0.3, -0.25) is 9.78 Å². The minimum absolute atomic E-state index is 0.00526. The molecule has 1 amide bonds. The number of nitrogens with one attached hydrogen (secondary N) is 1. The van der Waals surface area contributed by atoms with Gasteiger partial charge in [0.1, 0.15) is 0 Å². The Morgan fingerprint density at radius 1 is 1.29 bits per heavy atom. The Balaban J connectivity index is 2.07. The molecule has 1 heterocycles. The van der Waals surface area contributed by atoms with E-state index in [1.165, 1.54) is 0 Å². The van der Waals surface area contributed by atoms with Gasteiger partial charge in [0, 0.05) is 23.5 Å². The molecule has 0 spiro atoms. The van der Waals surface area contributed by atoms with Crippen LogP contribution in [0.2, 0.25) is 0 Å². The predicted molar refractivity (Wildman–Crippen MR) is 79.1 cm³/mol. The van der Waals surface area contributed by atoms with Crippen LogP contribution in [0.3, 0.4) is 0 Å². The third-order valence-electron chi connectivity index (χ3n) is 3.08. The molecule has 6 nitrogen and oxygen atoms in total. The largest absolute Gasteiger partial charge is 0.409 e. The average Bonchev–Trinajstić information content (AvgIpc) is 2.55. The number of hydrogen-bond donors (Lipinski definition) is 3. The van der Waals surface area contributed by atoms with Crippen LogP contribution in [0.5, 0.6) is 0 Å². The Hall–Kier alpha value is -2.89. The van der Waals surface area contributed by atoms with Crippen LogP contribution in [-0.4, -0.2) is 21.9 Å². The summed E-state index contributed by atoms with van der Waals surface area (Å²) in [6, 6.07) is 10.1. The van der Waals surface area contributed by atoms with Crippen molar-refractivity contribution in [2.24, 2.45) is 10.9 Å². The summed E-state index contributed by atoms with van der Waals surface area (Å²) in [7, 11) is 0. The molecule has 1 atom stereocenters. The molecule has 0 fully saturated rings. The number of aromatic nitrogens is 1. The standard InChI is InChI=1S/C15H16N4O2/c1-10(13-3-2-8-17-9-13)18-15(20)12-6-4-11(5-7-12)14(16)19-21/h2-10,21H,1H3,(H2,16,19)(H,18,20). The maximum atomic E-state index is 12.1. The highest BCUT2D eigenvalue weighted by atomic mass is 16.4. The Bertz CT molecular complexity index is 638. The highest BCUT2D eigenvalue weighted by Gasteiger charge is 2.11. The average molecular weight is 284 g/mol. The van der Waals surface area contributed by atoms with Crippen molar-refractivity contribution < 1.29 is 10.0 Å². The highest BCUT2D eigenvalue weighted by molar-refractivity contribution is 5.99. The summed E-state index contributed by atoms with van der Waals surface area (Å²) in [5.74, 6) is -0.192. The van der Waals surface area contributed by atoms with Crippen molar-refractivity contribution in [2.45, 2.75) is 13.0 Å². The highest BCUT2D eigenvalue weighted by Crippen LogP contribution is 2.12. The second-order valence-corrected chi connectivity index (χ2v) is 4.54. The molecule has 1 aromatic heterocycles. The second-order valence-electron chi connectivity index (χ2n) is 4.54. The maximum absolute atomic E-state index is 12.1. The normalized spacial score (nSPS) is 12.7. The Kier molecular flexibility index (Phi) is 4.50. The fraction of sp³-hybridized carbons (Fsp3) is 0.133. The van der Waals surface area contributed by atoms with Gasteiger partial charge in [0.15, 0.2) is 5.84 Å². The van der Waals surface area contributed by atoms with Gasteiger partial charge in [0.05, 0.1) is 6.04 Å². The molecule has 4 N–H and O–H groups in total. The zero-order chi connectivity index (χ0) is 15.2. The molecule has 2 aromatic rings. The molecular formula is C15H16N4O2. The second kappa shape index (κ2) is 6.51. The van der Waals surface area contributed by atoms with Crippen molar-refractivity contribution in [3.63, 3.8) is 0 Å². The zero-order valence-corrected chi connectivity index (χ0v) is 11.5. The summed E-state index contributed by atoms with van der Waals surface area (Å²) < 4.78 is 0. The Morgan fingerprint density at radius 3 is 2.52 bits per heavy atom. The van der Waals surface area contributed by atoms with Crippen LogP contribution in [0.4, 0.5) is 0 Å². The van der Waals surface area contributed by atoms with Crippen LogP contribution in [0.25, 0.3) is 0 Å². The molecule has 0 aliphatic carbocycles. The van der Waals surface area contributed by atoms with Gasteiger partial charge in [-0.2, -0.15) is 0 Å². The van der Waals surface area contributed by atoms with Gasteiger partial charge in [-0.1, -0.05) is 23.4 Å². The quantitative estimate of drug-likeness (QED) is 0.344. The van der Waals surface area contributed by atoms with E-state index >= 15 is 0 Å². The van der Waals surface area contributed by atoms with E-state index in [0.29, 0.717) is 11.1 Å². The van der Waals surface area contributed by atoms with E-state index < -0.39 is 0 Å². The Labute approximate surface area is 122 Å². The summed E-state index contributed by atoms with van der Waals surface area (Å²) >= 11 is 0. The molecule has 1 aromatic carbocycles. The lowest BCUT2D eigenvalue weighted by Crippen LogP contribution is -2.26. The molecule has 0 saturated carbocycles. The van der Waals surface area contributed by atoms with E-state index in [1.807, 2.05) is 19.1 Å². The van der Waals surface area contributed by atoms with Crippen molar-refractivity contribution in [2.75, 3.05) is 0 Å². The molecule has 1 unspecified atom stereocenters. The van der Waals surface area contributed by atoms with Crippen LogP contribution < -0.4 is 11.1 Å². The number of oxime groups is 1. The lowest BCUT2D eigenvalue weighted by molar-refractivity contribution is 0.0940. The van der Waals surface area contributed by atoms with Crippen LogP contribution in [0.15, 0.2) is 53.9 Å². The van der Waals surface area contributed by atoms with Crippen molar-refractivity contribution in [1.29, 1.82) is 0 Å². The van der Waals surface area contributed by atoms with Crippen LogP contribution in [-0.2, 0) is 0 Å². The van der Waals surface area contributed by atoms with Gasteiger partial charge in [-0.05, 0) is 30.7 Å². The summed E-state index contributed by atoms with van der Waals surface area (Å²) in [4.78, 5) is 16.2. The van der Waals surface area contributed by atoms with Crippen molar-refractivity contribution in [3.8, 4) is 0 Å². The lowest BCUT2D eigenvalue weighted by Gasteiger charge is -2.14. The number of hydrogen-bond acceptors (Lipinski definition) is 4. The minimum Gasteiger partial charge on any atom is -0.409 e. The molecule has 6 heteroatoms. The fourth-order valence-corrected chi connectivity index (χ4v) is 1.85. The molecule has 21 heavy (non-hydrogen) atoms. The van der Waals surface area contributed by atoms with Gasteiger partial charge in [0.2, 0.25) is 0 Å². The van der Waals surface area contributed by atoms with Crippen LogP contribution >= 0.6 is 0 Å². The summed E-state index contributed by atoms with van der Waals surface area (Å²) in [5.41, 5.74) is 7.45. The van der Waals surface area contributed by atoms with Crippen molar-refractivity contribution >= 4 is 11.7 Å². The number of pyridine rings is 1. The number of rotatable bonds is 4. The number of amides is 1. The molecule has 0 aliphatic heterocycles. The molecule has 0 radical (unpaired) electrons. The van der Waals surface area contributed by atoms with Gasteiger partial charge in [0.25, 0.3) is 5.91 Å². The number of nitrogens with zero attached hydrogens (tertiary/aromatic N) is 2. The van der Waals surface area contributed by atoms with E-state index in [9.17, 15) is 4.79 Å². The minimum atomic E-state index is -0.197. The van der Waals surface area contributed by atoms with Crippen LogP contribution in [0, 0.1) is 0 Å². The third kappa shape index (κ3) is 3.56. The maximum Gasteiger partial charge on any atom is 0.251 e. The van der Waals surface area contributed by atoms with E-state index in [1.54, 1.807) is 36.7 Å². The summed E-state index contributed by atoms with van der Waals surface area (Å²) in [5, 5.41) is 14.4. The predicted octanol–water partition coefficient (Wildman–Crippen LogP) is 1.67. The Morgan fingerprint density at radius 2 is 1.95 bits per heavy atom. The topological polar surface area (TPSA) is 101 Å². The molecule has 0 aliphatic rings. The zero-order valence-electron chi connectivity index (χ0n) is 11.5. The van der Waals surface area contributed by atoms with Gasteiger partial charge in [-0.15, -0.1) is 0 Å². The molecular weight excluding hydrogens is 268 g/mol. The first kappa shape index (κ1) is 14.5. The number of benzene rings is 1. The van der Waals surface area contributed by atoms with Crippen molar-refractivity contribution in [3.05, 3.63) is 65.5 Å². The monoisotopic (exact) mass is 284 g/mol. The van der Waals surface area contributed by atoms with Crippen molar-refractivity contribution in [1.82, 2.24) is 10.3 Å². The number of amidine groups is 1. The number of carbonyl (C=O) groups is 1. The van der Waals surface area contributed by atoms with E-state index in [0.717, 1.165) is 5.56 Å². The van der Waals surface area contributed by atoms with Crippen LogP contribution in [0.1, 0.15) is 34.5 Å². The molecule has 0 saturated heterocycles. The molecule has 2 rings (SSSR count). The fourth-order valence-electron chi connectivity index (χ4n) is 1.85. The summed E-state index contributed by atoms with van der Waals surface area (Å²) in [6.07, 6.45) is 3.40. The first-order valence-electron chi connectivity index (χ1n) is 6.40.